The minimum absolute atomic E-state index is 0.0303. The zero-order chi connectivity index (χ0) is 26.8. The topological polar surface area (TPSA) is 76.7 Å². The maximum atomic E-state index is 13.6. The van der Waals surface area contributed by atoms with Gasteiger partial charge in [0.1, 0.15) is 11.5 Å². The molecule has 0 bridgehead atoms. The van der Waals surface area contributed by atoms with Gasteiger partial charge in [-0.15, -0.1) is 0 Å². The number of ether oxygens (including phenoxy) is 2. The van der Waals surface area contributed by atoms with Crippen molar-refractivity contribution in [3.05, 3.63) is 107 Å². The smallest absolute Gasteiger partial charge is 0.387 e. The van der Waals surface area contributed by atoms with Crippen molar-refractivity contribution >= 4 is 34.3 Å². The fourth-order valence-electron chi connectivity index (χ4n) is 4.18. The van der Waals surface area contributed by atoms with E-state index in [1.165, 1.54) is 48.5 Å². The fraction of sp³-hybridized carbons (Fsp3) is 0.0714. The second-order valence-corrected chi connectivity index (χ2v) is 8.17. The predicted octanol–water partition coefficient (Wildman–Crippen LogP) is 7.15. The van der Waals surface area contributed by atoms with E-state index in [4.69, 9.17) is 0 Å². The van der Waals surface area contributed by atoms with Gasteiger partial charge in [-0.2, -0.15) is 17.6 Å². The molecule has 192 valence electrons. The van der Waals surface area contributed by atoms with Crippen LogP contribution in [0.2, 0.25) is 0 Å². The molecular weight excluding hydrogens is 504 g/mol. The molecule has 0 unspecified atom stereocenters. The second-order valence-electron chi connectivity index (χ2n) is 8.17. The van der Waals surface area contributed by atoms with Gasteiger partial charge in [-0.25, -0.2) is 0 Å². The molecule has 0 radical (unpaired) electrons. The van der Waals surface area contributed by atoms with Crippen LogP contribution in [0, 0.1) is 0 Å². The molecule has 0 aromatic heterocycles. The van der Waals surface area contributed by atoms with Gasteiger partial charge >= 0.3 is 13.2 Å². The maximum absolute atomic E-state index is 13.6. The lowest BCUT2D eigenvalue weighted by molar-refractivity contribution is -0.0505. The van der Waals surface area contributed by atoms with Crippen molar-refractivity contribution in [1.29, 1.82) is 0 Å². The van der Waals surface area contributed by atoms with E-state index in [1.54, 1.807) is 36.4 Å². The highest BCUT2D eigenvalue weighted by Crippen LogP contribution is 2.39. The van der Waals surface area contributed by atoms with Crippen molar-refractivity contribution < 1.29 is 36.6 Å². The number of hydrogen-bond donors (Lipinski definition) is 2. The number of hydrogen-bond acceptors (Lipinski definition) is 6. The maximum Gasteiger partial charge on any atom is 0.387 e. The van der Waals surface area contributed by atoms with Gasteiger partial charge in [-0.1, -0.05) is 24.3 Å². The van der Waals surface area contributed by atoms with E-state index in [0.717, 1.165) is 0 Å². The zero-order valence-corrected chi connectivity index (χ0v) is 19.4. The lowest BCUT2D eigenvalue weighted by Gasteiger charge is -2.24. The van der Waals surface area contributed by atoms with Crippen LogP contribution in [0.3, 0.4) is 0 Å². The van der Waals surface area contributed by atoms with Crippen LogP contribution in [0.1, 0.15) is 31.8 Å². The Morgan fingerprint density at radius 2 is 0.895 bits per heavy atom. The normalized spacial score (nSPS) is 12.3. The van der Waals surface area contributed by atoms with Crippen LogP contribution in [-0.2, 0) is 0 Å². The van der Waals surface area contributed by atoms with Crippen molar-refractivity contribution in [2.75, 3.05) is 10.6 Å². The summed E-state index contributed by atoms with van der Waals surface area (Å²) in [5, 5.41) is 6.16. The molecule has 0 amide bonds. The van der Waals surface area contributed by atoms with Gasteiger partial charge in [-0.05, 0) is 60.7 Å². The van der Waals surface area contributed by atoms with Crippen molar-refractivity contribution in [1.82, 2.24) is 0 Å². The summed E-state index contributed by atoms with van der Waals surface area (Å²) in [5.74, 6) is -0.811. The first-order valence-electron chi connectivity index (χ1n) is 11.3. The highest BCUT2D eigenvalue weighted by atomic mass is 19.3. The zero-order valence-electron chi connectivity index (χ0n) is 19.4. The van der Waals surface area contributed by atoms with Gasteiger partial charge < -0.3 is 20.1 Å². The Hall–Kier alpha value is -4.86. The van der Waals surface area contributed by atoms with Crippen molar-refractivity contribution in [2.24, 2.45) is 0 Å². The highest BCUT2D eigenvalue weighted by molar-refractivity contribution is 6.32. The standard InChI is InChI=1S/C28H18F4N2O4/c29-27(30)37-17-9-5-15(6-10-17)33-21-13-14-22(34-16-7-11-18(12-8-16)38-28(31)32)24-23(21)25(35)19-3-1-2-4-20(19)26(24)36/h1-14,27-28,33-34H. The Kier molecular flexibility index (Phi) is 6.69. The molecule has 38 heavy (non-hydrogen) atoms. The molecule has 10 heteroatoms. The summed E-state index contributed by atoms with van der Waals surface area (Å²) < 4.78 is 58.6. The van der Waals surface area contributed by atoms with Crippen LogP contribution >= 0.6 is 0 Å². The SMILES string of the molecule is O=C1c2ccccc2C(=O)c2c(Nc3ccc(OC(F)F)cc3)ccc(Nc3ccc(OC(F)F)cc3)c21. The summed E-state index contributed by atoms with van der Waals surface area (Å²) in [6, 6.07) is 21.1. The number of anilines is 4. The number of fused-ring (bicyclic) bond motifs is 2. The second kappa shape index (κ2) is 10.3. The quantitative estimate of drug-likeness (QED) is 0.211. The van der Waals surface area contributed by atoms with Gasteiger partial charge in [-0.3, -0.25) is 9.59 Å². The molecule has 0 heterocycles. The monoisotopic (exact) mass is 522 g/mol. The van der Waals surface area contributed by atoms with Gasteiger partial charge in [0.2, 0.25) is 0 Å². The van der Waals surface area contributed by atoms with Gasteiger partial charge in [0, 0.05) is 22.5 Å². The lowest BCUT2D eigenvalue weighted by atomic mass is 9.82. The van der Waals surface area contributed by atoms with Crippen LogP contribution in [0.5, 0.6) is 11.5 Å². The summed E-state index contributed by atoms with van der Waals surface area (Å²) in [6.07, 6.45) is 0. The molecule has 0 fully saturated rings. The van der Waals surface area contributed by atoms with Gasteiger partial charge in [0.05, 0.1) is 22.5 Å². The molecule has 0 saturated heterocycles. The van der Waals surface area contributed by atoms with Crippen LogP contribution < -0.4 is 20.1 Å². The summed E-state index contributed by atoms with van der Waals surface area (Å²) in [7, 11) is 0. The number of ketones is 2. The molecule has 1 aliphatic carbocycles. The van der Waals surface area contributed by atoms with E-state index in [9.17, 15) is 27.2 Å². The summed E-state index contributed by atoms with van der Waals surface area (Å²) in [4.78, 5) is 27.2. The number of carbonyl (C=O) groups excluding carboxylic acids is 2. The average Bonchev–Trinajstić information content (AvgIpc) is 2.89. The van der Waals surface area contributed by atoms with E-state index >= 15 is 0 Å². The molecule has 2 N–H and O–H groups in total. The minimum Gasteiger partial charge on any atom is -0.435 e. The molecule has 6 nitrogen and oxygen atoms in total. The van der Waals surface area contributed by atoms with Gasteiger partial charge in [0.15, 0.2) is 11.6 Å². The number of rotatable bonds is 8. The Labute approximate surface area is 213 Å². The lowest BCUT2D eigenvalue weighted by Crippen LogP contribution is -2.23. The van der Waals surface area contributed by atoms with E-state index in [2.05, 4.69) is 20.1 Å². The summed E-state index contributed by atoms with van der Waals surface area (Å²) in [5.41, 5.74) is 2.38. The van der Waals surface area contributed by atoms with Crippen LogP contribution in [0.25, 0.3) is 0 Å². The highest BCUT2D eigenvalue weighted by Gasteiger charge is 2.34. The Balaban J connectivity index is 1.53. The molecule has 5 rings (SSSR count). The first-order chi connectivity index (χ1) is 18.3. The van der Waals surface area contributed by atoms with E-state index in [-0.39, 0.29) is 45.3 Å². The van der Waals surface area contributed by atoms with Crippen LogP contribution in [-0.4, -0.2) is 24.8 Å². The third-order valence-electron chi connectivity index (χ3n) is 5.79. The first kappa shape index (κ1) is 24.8. The number of alkyl halides is 4. The molecular formula is C28H18F4N2O4. The van der Waals surface area contributed by atoms with Crippen molar-refractivity contribution in [3.8, 4) is 11.5 Å². The first-order valence-corrected chi connectivity index (χ1v) is 11.3. The molecule has 4 aromatic carbocycles. The van der Waals surface area contributed by atoms with Crippen molar-refractivity contribution in [2.45, 2.75) is 13.2 Å². The Morgan fingerprint density at radius 3 is 1.24 bits per heavy atom. The predicted molar refractivity (Wildman–Crippen MR) is 132 cm³/mol. The third kappa shape index (κ3) is 5.01. The molecule has 0 aliphatic heterocycles. The molecule has 0 saturated carbocycles. The number of carbonyl (C=O) groups is 2. The van der Waals surface area contributed by atoms with E-state index in [1.807, 2.05) is 0 Å². The minimum atomic E-state index is -2.96. The summed E-state index contributed by atoms with van der Waals surface area (Å²) >= 11 is 0. The molecule has 4 aromatic rings. The van der Waals surface area contributed by atoms with E-state index in [0.29, 0.717) is 22.7 Å². The van der Waals surface area contributed by atoms with E-state index < -0.39 is 13.2 Å². The number of nitrogens with one attached hydrogen (secondary N) is 2. The summed E-state index contributed by atoms with van der Waals surface area (Å²) in [6.45, 7) is -5.92. The molecule has 0 spiro atoms. The Morgan fingerprint density at radius 1 is 0.526 bits per heavy atom. The third-order valence-corrected chi connectivity index (χ3v) is 5.79. The fourth-order valence-corrected chi connectivity index (χ4v) is 4.18. The van der Waals surface area contributed by atoms with Crippen LogP contribution in [0.4, 0.5) is 40.3 Å². The number of benzene rings is 4. The Bertz CT molecular complexity index is 1390. The van der Waals surface area contributed by atoms with Crippen LogP contribution in [0.15, 0.2) is 84.9 Å². The van der Waals surface area contributed by atoms with Crippen molar-refractivity contribution in [3.63, 3.8) is 0 Å². The van der Waals surface area contributed by atoms with Gasteiger partial charge in [0.25, 0.3) is 0 Å². The molecule has 1 aliphatic rings. The number of halogens is 4. The largest absolute Gasteiger partial charge is 0.435 e. The average molecular weight is 522 g/mol. The molecule has 0 atom stereocenters.